The van der Waals surface area contributed by atoms with Crippen molar-refractivity contribution in [3.8, 4) is 6.01 Å². The van der Waals surface area contributed by atoms with E-state index in [1.165, 1.54) is 12.3 Å². The van der Waals surface area contributed by atoms with Crippen molar-refractivity contribution in [2.24, 2.45) is 0 Å². The van der Waals surface area contributed by atoms with Gasteiger partial charge in [-0.1, -0.05) is 6.92 Å². The van der Waals surface area contributed by atoms with Gasteiger partial charge in [-0.05, 0) is 25.1 Å². The highest BCUT2D eigenvalue weighted by molar-refractivity contribution is 7.99. The molecule has 9 heteroatoms. The average molecular weight is 308 g/mol. The summed E-state index contributed by atoms with van der Waals surface area (Å²) in [5.41, 5.74) is -0.226. The molecule has 112 valence electrons. The first-order valence-corrected chi connectivity index (χ1v) is 7.38. The van der Waals surface area contributed by atoms with Gasteiger partial charge in [0.05, 0.1) is 6.61 Å². The zero-order valence-corrected chi connectivity index (χ0v) is 12.6. The number of rotatable bonds is 7. The Morgan fingerprint density at radius 2 is 2.19 bits per heavy atom. The first kappa shape index (κ1) is 15.2. The Bertz CT molecular complexity index is 648. The fourth-order valence-corrected chi connectivity index (χ4v) is 2.06. The lowest BCUT2D eigenvalue weighted by Crippen LogP contribution is -2.09. The van der Waals surface area contributed by atoms with Crippen molar-refractivity contribution in [2.45, 2.75) is 30.6 Å². The van der Waals surface area contributed by atoms with Gasteiger partial charge in [-0.3, -0.25) is 4.79 Å². The van der Waals surface area contributed by atoms with E-state index in [2.05, 4.69) is 30.2 Å². The van der Waals surface area contributed by atoms with Crippen LogP contribution in [-0.2, 0) is 0 Å². The smallest absolute Gasteiger partial charge is 0.322 e. The molecule has 0 amide bonds. The Hall–Kier alpha value is -2.16. The van der Waals surface area contributed by atoms with Gasteiger partial charge in [-0.25, -0.2) is 4.98 Å². The molecule has 0 spiro atoms. The number of aromatic amines is 1. The van der Waals surface area contributed by atoms with Crippen LogP contribution in [0.3, 0.4) is 0 Å². The lowest BCUT2D eigenvalue weighted by molar-refractivity contribution is 0.288. The lowest BCUT2D eigenvalue weighted by atomic mass is 10.5. The van der Waals surface area contributed by atoms with E-state index in [0.717, 1.165) is 18.2 Å². The SMILES string of the molecule is CCCOc1nc(NCC)nc(Sc2nccc(=O)[nH]2)n1. The maximum atomic E-state index is 11.3. The molecule has 0 saturated heterocycles. The highest BCUT2D eigenvalue weighted by atomic mass is 32.2. The minimum Gasteiger partial charge on any atom is -0.463 e. The lowest BCUT2D eigenvalue weighted by Gasteiger charge is -2.07. The fraction of sp³-hybridized carbons (Fsp3) is 0.417. The summed E-state index contributed by atoms with van der Waals surface area (Å²) in [4.78, 5) is 30.5. The third-order valence-electron chi connectivity index (χ3n) is 2.20. The van der Waals surface area contributed by atoms with Gasteiger partial charge < -0.3 is 15.0 Å². The molecule has 0 saturated carbocycles. The van der Waals surface area contributed by atoms with Crippen LogP contribution in [0.4, 0.5) is 5.95 Å². The summed E-state index contributed by atoms with van der Waals surface area (Å²) in [7, 11) is 0. The van der Waals surface area contributed by atoms with Crippen LogP contribution < -0.4 is 15.6 Å². The van der Waals surface area contributed by atoms with Gasteiger partial charge in [0.25, 0.3) is 5.56 Å². The van der Waals surface area contributed by atoms with E-state index < -0.39 is 0 Å². The number of aromatic nitrogens is 5. The summed E-state index contributed by atoms with van der Waals surface area (Å²) >= 11 is 1.14. The highest BCUT2D eigenvalue weighted by Gasteiger charge is 2.10. The molecule has 0 unspecified atom stereocenters. The van der Waals surface area contributed by atoms with Crippen LogP contribution in [0.25, 0.3) is 0 Å². The number of hydrogen-bond donors (Lipinski definition) is 2. The van der Waals surface area contributed by atoms with E-state index >= 15 is 0 Å². The zero-order valence-electron chi connectivity index (χ0n) is 11.8. The van der Waals surface area contributed by atoms with Gasteiger partial charge in [0.2, 0.25) is 11.1 Å². The maximum absolute atomic E-state index is 11.3. The first-order chi connectivity index (χ1) is 10.2. The molecule has 0 atom stereocenters. The van der Waals surface area contributed by atoms with Gasteiger partial charge in [-0.15, -0.1) is 0 Å². The van der Waals surface area contributed by atoms with Crippen molar-refractivity contribution in [2.75, 3.05) is 18.5 Å². The largest absolute Gasteiger partial charge is 0.463 e. The van der Waals surface area contributed by atoms with Crippen LogP contribution in [0.5, 0.6) is 6.01 Å². The minimum absolute atomic E-state index is 0.226. The number of nitrogens with zero attached hydrogens (tertiary/aromatic N) is 4. The van der Waals surface area contributed by atoms with E-state index in [4.69, 9.17) is 4.74 Å². The molecule has 8 nitrogen and oxygen atoms in total. The normalized spacial score (nSPS) is 10.4. The molecule has 0 radical (unpaired) electrons. The third-order valence-corrected chi connectivity index (χ3v) is 2.97. The van der Waals surface area contributed by atoms with E-state index in [9.17, 15) is 4.79 Å². The Morgan fingerprint density at radius 3 is 2.90 bits per heavy atom. The number of H-pyrrole nitrogens is 1. The van der Waals surface area contributed by atoms with Crippen molar-refractivity contribution in [1.29, 1.82) is 0 Å². The van der Waals surface area contributed by atoms with Crippen molar-refractivity contribution in [3.63, 3.8) is 0 Å². The van der Waals surface area contributed by atoms with Crippen LogP contribution >= 0.6 is 11.8 Å². The summed E-state index contributed by atoms with van der Waals surface area (Å²) < 4.78 is 5.44. The minimum atomic E-state index is -0.226. The average Bonchev–Trinajstić information content (AvgIpc) is 2.45. The zero-order chi connectivity index (χ0) is 15.1. The molecule has 2 aromatic heterocycles. The maximum Gasteiger partial charge on any atom is 0.322 e. The van der Waals surface area contributed by atoms with Gasteiger partial charge in [0.1, 0.15) is 0 Å². The second kappa shape index (κ2) is 7.58. The monoisotopic (exact) mass is 308 g/mol. The van der Waals surface area contributed by atoms with Crippen LogP contribution in [0.2, 0.25) is 0 Å². The van der Waals surface area contributed by atoms with Crippen molar-refractivity contribution >= 4 is 17.7 Å². The van der Waals surface area contributed by atoms with Gasteiger partial charge in [0.15, 0.2) is 5.16 Å². The molecule has 2 N–H and O–H groups in total. The molecule has 2 rings (SSSR count). The Morgan fingerprint density at radius 1 is 1.33 bits per heavy atom. The highest BCUT2D eigenvalue weighted by Crippen LogP contribution is 2.22. The quantitative estimate of drug-likeness (QED) is 0.738. The van der Waals surface area contributed by atoms with Crippen molar-refractivity contribution in [3.05, 3.63) is 22.6 Å². The molecule has 21 heavy (non-hydrogen) atoms. The molecule has 0 bridgehead atoms. The van der Waals surface area contributed by atoms with E-state index in [1.54, 1.807) is 0 Å². The molecule has 0 aromatic carbocycles. The second-order valence-corrected chi connectivity index (χ2v) is 4.90. The molecular weight excluding hydrogens is 292 g/mol. The molecule has 0 aliphatic carbocycles. The van der Waals surface area contributed by atoms with Crippen LogP contribution in [0, 0.1) is 0 Å². The van der Waals surface area contributed by atoms with Gasteiger partial charge in [0, 0.05) is 18.8 Å². The Kier molecular flexibility index (Phi) is 5.50. The molecular formula is C12H16N6O2S. The van der Waals surface area contributed by atoms with Gasteiger partial charge >= 0.3 is 6.01 Å². The Labute approximate surface area is 125 Å². The number of nitrogens with one attached hydrogen (secondary N) is 2. The Balaban J connectivity index is 2.24. The molecule has 2 heterocycles. The predicted molar refractivity (Wildman–Crippen MR) is 78.8 cm³/mol. The summed E-state index contributed by atoms with van der Waals surface area (Å²) in [6.45, 7) is 5.15. The number of ether oxygens (including phenoxy) is 1. The molecule has 2 aromatic rings. The standard InChI is InChI=1S/C12H16N6O2S/c1-3-7-20-10-16-9(13-4-2)17-12(18-10)21-11-14-6-5-8(19)15-11/h5-6H,3-4,7H2,1-2H3,(H,14,15,19)(H,13,16,17,18). The summed E-state index contributed by atoms with van der Waals surface area (Å²) in [5, 5.41) is 3.83. The van der Waals surface area contributed by atoms with E-state index in [0.29, 0.717) is 29.4 Å². The van der Waals surface area contributed by atoms with Crippen LogP contribution in [0.1, 0.15) is 20.3 Å². The third kappa shape index (κ3) is 4.71. The van der Waals surface area contributed by atoms with Crippen LogP contribution in [0.15, 0.2) is 27.4 Å². The van der Waals surface area contributed by atoms with E-state index in [-0.39, 0.29) is 11.6 Å². The topological polar surface area (TPSA) is 106 Å². The first-order valence-electron chi connectivity index (χ1n) is 6.57. The van der Waals surface area contributed by atoms with E-state index in [1.807, 2.05) is 13.8 Å². The van der Waals surface area contributed by atoms with Crippen molar-refractivity contribution in [1.82, 2.24) is 24.9 Å². The summed E-state index contributed by atoms with van der Waals surface area (Å²) in [5.74, 6) is 0.430. The number of anilines is 1. The summed E-state index contributed by atoms with van der Waals surface area (Å²) in [6.07, 6.45) is 2.29. The second-order valence-electron chi connectivity index (χ2n) is 3.94. The predicted octanol–water partition coefficient (Wildman–Crippen LogP) is 1.33. The van der Waals surface area contributed by atoms with Gasteiger partial charge in [-0.2, -0.15) is 15.0 Å². The molecule has 0 aliphatic rings. The number of hydrogen-bond acceptors (Lipinski definition) is 8. The fourth-order valence-electron chi connectivity index (χ4n) is 1.37. The van der Waals surface area contributed by atoms with Crippen molar-refractivity contribution < 1.29 is 4.74 Å². The molecule has 0 fully saturated rings. The van der Waals surface area contributed by atoms with Crippen LogP contribution in [-0.4, -0.2) is 38.1 Å². The molecule has 0 aliphatic heterocycles. The summed E-state index contributed by atoms with van der Waals surface area (Å²) in [6, 6.07) is 1.60.